The molecule has 0 spiro atoms. The summed E-state index contributed by atoms with van der Waals surface area (Å²) in [5.74, 6) is 0. The maximum absolute atomic E-state index is 9.81. The number of rotatable bonds is 1. The largest absolute Gasteiger partial charge is 0.234 e. The Morgan fingerprint density at radius 1 is 1.88 bits per heavy atom. The molecule has 0 saturated heterocycles. The van der Waals surface area contributed by atoms with E-state index in [0.29, 0.717) is 0 Å². The monoisotopic (exact) mass is 130 g/mol. The van der Waals surface area contributed by atoms with Gasteiger partial charge in [-0.25, -0.2) is 10.1 Å². The third-order valence-electron chi connectivity index (χ3n) is 0.562. The van der Waals surface area contributed by atoms with Crippen LogP contribution in [0.25, 0.3) is 0 Å². The molecule has 0 amide bonds. The highest BCUT2D eigenvalue weighted by Crippen LogP contribution is 2.19. The number of nitro groups is 1. The molecule has 0 N–H and O–H groups in total. The molecule has 0 aromatic rings. The summed E-state index contributed by atoms with van der Waals surface area (Å²) in [5, 5.41) is 10.9. The molecular formula is C3H2N2O2S. The minimum Gasteiger partial charge on any atom is -0.234 e. The average molecular weight is 130 g/mol. The fourth-order valence-electron chi connectivity index (χ4n) is 0.298. The van der Waals surface area contributed by atoms with Crippen molar-refractivity contribution >= 4 is 11.9 Å². The van der Waals surface area contributed by atoms with Crippen LogP contribution in [0.1, 0.15) is 0 Å². The zero-order valence-electron chi connectivity index (χ0n) is 3.77. The summed E-state index contributed by atoms with van der Waals surface area (Å²) in [5.41, 5.74) is 0. The third-order valence-corrected chi connectivity index (χ3v) is 1.26. The fourth-order valence-corrected chi connectivity index (χ4v) is 0.734. The standard InChI is InChI=1S/C3H2N2O2S/c6-5(7)4-2-1-3-8-4/h1,3H. The van der Waals surface area contributed by atoms with E-state index in [1.54, 1.807) is 5.41 Å². The Balaban J connectivity index is 2.41. The van der Waals surface area contributed by atoms with Crippen molar-refractivity contribution in [3.63, 3.8) is 0 Å². The topological polar surface area (TPSA) is 46.4 Å². The van der Waals surface area contributed by atoms with Crippen LogP contribution in [0.3, 0.4) is 0 Å². The van der Waals surface area contributed by atoms with E-state index < -0.39 is 5.03 Å². The molecule has 0 aromatic carbocycles. The summed E-state index contributed by atoms with van der Waals surface area (Å²) in [6.45, 7) is 2.37. The Kier molecular flexibility index (Phi) is 1.38. The molecule has 1 rings (SSSR count). The van der Waals surface area contributed by atoms with E-state index >= 15 is 0 Å². The predicted octanol–water partition coefficient (Wildman–Crippen LogP) is 0.694. The predicted molar refractivity (Wildman–Crippen MR) is 28.8 cm³/mol. The lowest BCUT2D eigenvalue weighted by Crippen LogP contribution is -2.15. The van der Waals surface area contributed by atoms with E-state index in [0.717, 1.165) is 16.4 Å². The molecule has 0 aliphatic carbocycles. The Labute approximate surface area is 50.4 Å². The fraction of sp³-hybridized carbons (Fsp3) is 0. The molecule has 1 aliphatic heterocycles. The molecule has 0 saturated carbocycles. The van der Waals surface area contributed by atoms with E-state index in [4.69, 9.17) is 0 Å². The maximum Gasteiger partial charge on any atom is 0.205 e. The zero-order valence-corrected chi connectivity index (χ0v) is 4.59. The molecule has 8 heavy (non-hydrogen) atoms. The zero-order chi connectivity index (χ0) is 5.98. The van der Waals surface area contributed by atoms with Gasteiger partial charge in [-0.05, 0) is 15.9 Å². The van der Waals surface area contributed by atoms with Crippen molar-refractivity contribution in [2.75, 3.05) is 0 Å². The molecule has 42 valence electrons. The minimum absolute atomic E-state index is 0.537. The quantitative estimate of drug-likeness (QED) is 0.297. The van der Waals surface area contributed by atoms with Crippen molar-refractivity contribution in [2.45, 2.75) is 0 Å². The summed E-state index contributed by atoms with van der Waals surface area (Å²) in [7, 11) is 0. The molecule has 4 nitrogen and oxygen atoms in total. The second-order valence-corrected chi connectivity index (χ2v) is 1.88. The molecule has 1 aliphatic rings. The lowest BCUT2D eigenvalue weighted by molar-refractivity contribution is -0.606. The number of hydrazine groups is 1. The van der Waals surface area contributed by atoms with E-state index in [9.17, 15) is 10.1 Å². The molecule has 2 radical (unpaired) electrons. The lowest BCUT2D eigenvalue weighted by Gasteiger charge is -1.98. The van der Waals surface area contributed by atoms with E-state index in [-0.39, 0.29) is 0 Å². The lowest BCUT2D eigenvalue weighted by atomic mass is 10.7. The molecule has 0 fully saturated rings. The van der Waals surface area contributed by atoms with Crippen LogP contribution in [-0.4, -0.2) is 9.45 Å². The third kappa shape index (κ3) is 0.919. The van der Waals surface area contributed by atoms with Crippen LogP contribution in [-0.2, 0) is 0 Å². The molecule has 0 aromatic heterocycles. The second-order valence-electron chi connectivity index (χ2n) is 1.05. The highest BCUT2D eigenvalue weighted by Gasteiger charge is 2.17. The Morgan fingerprint density at radius 3 is 2.88 bits per heavy atom. The van der Waals surface area contributed by atoms with Crippen LogP contribution >= 0.6 is 11.9 Å². The SMILES string of the molecule is O=[N+]([O-])N1[C]C=CS1. The van der Waals surface area contributed by atoms with Crippen molar-refractivity contribution in [1.82, 2.24) is 4.41 Å². The van der Waals surface area contributed by atoms with Gasteiger partial charge in [0.1, 0.15) is 0 Å². The molecule has 0 unspecified atom stereocenters. The van der Waals surface area contributed by atoms with Crippen molar-refractivity contribution < 1.29 is 5.03 Å². The Hall–Kier alpha value is -0.710. The summed E-state index contributed by atoms with van der Waals surface area (Å²) in [6.07, 6.45) is 1.49. The van der Waals surface area contributed by atoms with Gasteiger partial charge in [-0.1, -0.05) is 0 Å². The van der Waals surface area contributed by atoms with Crippen LogP contribution in [0.5, 0.6) is 0 Å². The normalized spacial score (nSPS) is 17.2. The van der Waals surface area contributed by atoms with Crippen molar-refractivity contribution in [2.24, 2.45) is 0 Å². The van der Waals surface area contributed by atoms with Crippen LogP contribution in [0.2, 0.25) is 0 Å². The highest BCUT2D eigenvalue weighted by molar-refractivity contribution is 8.00. The molecular weight excluding hydrogens is 128 g/mol. The number of hydrogen-bond acceptors (Lipinski definition) is 3. The van der Waals surface area contributed by atoms with Gasteiger partial charge >= 0.3 is 0 Å². The van der Waals surface area contributed by atoms with Gasteiger partial charge in [0.25, 0.3) is 0 Å². The van der Waals surface area contributed by atoms with Crippen molar-refractivity contribution in [1.29, 1.82) is 0 Å². The van der Waals surface area contributed by atoms with Gasteiger partial charge in [-0.2, -0.15) is 0 Å². The highest BCUT2D eigenvalue weighted by atomic mass is 32.2. The van der Waals surface area contributed by atoms with Crippen LogP contribution in [0.15, 0.2) is 11.5 Å². The molecule has 0 atom stereocenters. The first-order valence-electron chi connectivity index (χ1n) is 1.83. The molecule has 1 heterocycles. The average Bonchev–Trinajstić information content (AvgIpc) is 2.12. The van der Waals surface area contributed by atoms with Gasteiger partial charge in [-0.15, -0.1) is 0 Å². The van der Waals surface area contributed by atoms with Crippen molar-refractivity contribution in [3.05, 3.63) is 28.1 Å². The first-order valence-corrected chi connectivity index (χ1v) is 2.67. The van der Waals surface area contributed by atoms with Gasteiger partial charge in [-0.3, -0.25) is 0 Å². The smallest absolute Gasteiger partial charge is 0.205 e. The van der Waals surface area contributed by atoms with Crippen molar-refractivity contribution in [3.8, 4) is 0 Å². The van der Waals surface area contributed by atoms with Gasteiger partial charge in [0.05, 0.1) is 0 Å². The van der Waals surface area contributed by atoms with Crippen LogP contribution < -0.4 is 0 Å². The van der Waals surface area contributed by atoms with Crippen LogP contribution in [0, 0.1) is 16.7 Å². The van der Waals surface area contributed by atoms with Crippen LogP contribution in [0.4, 0.5) is 0 Å². The van der Waals surface area contributed by atoms with Gasteiger partial charge in [0.2, 0.25) is 6.54 Å². The van der Waals surface area contributed by atoms with Gasteiger partial charge in [0.15, 0.2) is 5.03 Å². The summed E-state index contributed by atoms with van der Waals surface area (Å²) in [6, 6.07) is 0. The van der Waals surface area contributed by atoms with E-state index in [1.165, 1.54) is 6.08 Å². The van der Waals surface area contributed by atoms with E-state index in [2.05, 4.69) is 6.54 Å². The minimum atomic E-state index is -0.537. The Bertz CT molecular complexity index is 127. The Morgan fingerprint density at radius 2 is 2.62 bits per heavy atom. The molecule has 5 heteroatoms. The van der Waals surface area contributed by atoms with Gasteiger partial charge in [0, 0.05) is 11.9 Å². The summed E-state index contributed by atoms with van der Waals surface area (Å²) >= 11 is 0.993. The first-order chi connectivity index (χ1) is 3.80. The maximum atomic E-state index is 9.81. The second kappa shape index (κ2) is 2.04. The van der Waals surface area contributed by atoms with Gasteiger partial charge < -0.3 is 0 Å². The number of hydrogen-bond donors (Lipinski definition) is 0. The summed E-state index contributed by atoms with van der Waals surface area (Å²) < 4.78 is 0.806. The molecule has 0 bridgehead atoms. The van der Waals surface area contributed by atoms with E-state index in [1.807, 2.05) is 0 Å². The number of nitrogens with zero attached hydrogens (tertiary/aromatic N) is 2. The first kappa shape index (κ1) is 5.43. The summed E-state index contributed by atoms with van der Waals surface area (Å²) in [4.78, 5) is 9.81.